The van der Waals surface area contributed by atoms with Crippen molar-refractivity contribution >= 4 is 11.0 Å². The molecule has 9 rings (SSSR count). The first-order valence-electron chi connectivity index (χ1n) is 21.5. The Balaban J connectivity index is 1.25. The lowest BCUT2D eigenvalue weighted by atomic mass is 9.83. The highest BCUT2D eigenvalue weighted by atomic mass is 16.3. The molecule has 0 aliphatic carbocycles. The van der Waals surface area contributed by atoms with Crippen LogP contribution in [0.15, 0.2) is 170 Å². The number of nitrogens with zero attached hydrogens (tertiary/aromatic N) is 3. The molecule has 7 aromatic carbocycles. The van der Waals surface area contributed by atoms with Crippen molar-refractivity contribution in [3.05, 3.63) is 192 Å². The van der Waals surface area contributed by atoms with Gasteiger partial charge in [0.05, 0.1) is 22.3 Å². The molecule has 0 aliphatic rings. The van der Waals surface area contributed by atoms with Crippen molar-refractivity contribution in [1.29, 1.82) is 0 Å². The summed E-state index contributed by atoms with van der Waals surface area (Å²) in [4.78, 5) is 10.4. The lowest BCUT2D eigenvalue weighted by molar-refractivity contribution is 0.472. The second-order valence-corrected chi connectivity index (χ2v) is 17.5. The van der Waals surface area contributed by atoms with Gasteiger partial charge < -0.3 is 5.11 Å². The summed E-state index contributed by atoms with van der Waals surface area (Å²) >= 11 is 0. The molecule has 2 heterocycles. The van der Waals surface area contributed by atoms with Gasteiger partial charge in [-0.05, 0) is 135 Å². The fourth-order valence-electron chi connectivity index (χ4n) is 8.35. The van der Waals surface area contributed by atoms with Gasteiger partial charge in [-0.25, -0.2) is 4.98 Å². The molecule has 2 aromatic heterocycles. The van der Waals surface area contributed by atoms with E-state index in [-0.39, 0.29) is 11.2 Å². The summed E-state index contributed by atoms with van der Waals surface area (Å²) in [6.07, 6.45) is 1.90. The Bertz CT molecular complexity index is 3100. The van der Waals surface area contributed by atoms with Crippen LogP contribution in [0.2, 0.25) is 0 Å². The average Bonchev–Trinajstić information content (AvgIpc) is 3.67. The molecule has 0 atom stereocenters. The SMILES string of the molecule is [2H]C(C)(C)c1cc(-c2ccccc2)cc(-n2c(-c3cc(C)cc(C)c3O)nc3c(-c4cc(-c5cc(-c6ccc(-c7ccccc7)cc6)ccn5)cc(C(C)(C)C)c4)cccc32)c1. The van der Waals surface area contributed by atoms with Crippen LogP contribution >= 0.6 is 0 Å². The number of aromatic nitrogens is 3. The van der Waals surface area contributed by atoms with Crippen LogP contribution in [0.4, 0.5) is 0 Å². The summed E-state index contributed by atoms with van der Waals surface area (Å²) in [6, 6.07) is 57.3. The minimum Gasteiger partial charge on any atom is -0.507 e. The van der Waals surface area contributed by atoms with Crippen molar-refractivity contribution < 1.29 is 6.48 Å². The Morgan fingerprint density at radius 1 is 0.574 bits per heavy atom. The molecule has 0 saturated heterocycles. The molecule has 0 amide bonds. The number of aryl methyl sites for hydroxylation is 2. The second kappa shape index (κ2) is 15.9. The van der Waals surface area contributed by atoms with Gasteiger partial charge >= 0.3 is 0 Å². The Hall–Kier alpha value is -7.04. The zero-order valence-corrected chi connectivity index (χ0v) is 36.0. The molecule has 61 heavy (non-hydrogen) atoms. The standard InChI is InChI=1S/C57H51N3O/c1-36(2)44-29-45(40-17-12-9-13-18-40)34-49(33-44)60-53-20-14-19-50(54(53)59-56(60)51-28-37(3)27-38(4)55(51)61)46-30-47(32-48(31-46)57(5,6)7)52-35-43(25-26-58-52)42-23-21-41(22-24-42)39-15-10-8-11-16-39/h8-36,61H,1-7H3/i36D. The van der Waals surface area contributed by atoms with Crippen LogP contribution < -0.4 is 0 Å². The summed E-state index contributed by atoms with van der Waals surface area (Å²) in [6.45, 7) is 14.6. The number of pyridine rings is 1. The van der Waals surface area contributed by atoms with E-state index in [1.54, 1.807) is 0 Å². The molecule has 4 heteroatoms. The van der Waals surface area contributed by atoms with Gasteiger partial charge in [-0.2, -0.15) is 0 Å². The zero-order chi connectivity index (χ0) is 43.3. The Morgan fingerprint density at radius 3 is 1.89 bits per heavy atom. The largest absolute Gasteiger partial charge is 0.507 e. The highest BCUT2D eigenvalue weighted by Crippen LogP contribution is 2.42. The third-order valence-electron chi connectivity index (χ3n) is 11.7. The fraction of sp³-hybridized carbons (Fsp3) is 0.158. The summed E-state index contributed by atoms with van der Waals surface area (Å²) < 4.78 is 11.3. The molecule has 300 valence electrons. The number of benzene rings is 7. The monoisotopic (exact) mass is 794 g/mol. The molecule has 9 aromatic rings. The molecule has 1 N–H and O–H groups in total. The third kappa shape index (κ3) is 7.78. The molecular formula is C57H51N3O. The Labute approximate surface area is 361 Å². The first-order valence-corrected chi connectivity index (χ1v) is 21.0. The highest BCUT2D eigenvalue weighted by Gasteiger charge is 2.24. The second-order valence-electron chi connectivity index (χ2n) is 17.5. The van der Waals surface area contributed by atoms with Crippen molar-refractivity contribution in [1.82, 2.24) is 14.5 Å². The summed E-state index contributed by atoms with van der Waals surface area (Å²) in [5, 5.41) is 11.7. The Kier molecular flexibility index (Phi) is 9.92. The highest BCUT2D eigenvalue weighted by molar-refractivity contribution is 5.97. The third-order valence-corrected chi connectivity index (χ3v) is 11.7. The van der Waals surface area contributed by atoms with Gasteiger partial charge in [0.25, 0.3) is 0 Å². The molecule has 4 nitrogen and oxygen atoms in total. The van der Waals surface area contributed by atoms with Crippen molar-refractivity contribution in [2.24, 2.45) is 0 Å². The molecule has 0 radical (unpaired) electrons. The maximum atomic E-state index is 11.7. The van der Waals surface area contributed by atoms with Gasteiger partial charge in [-0.15, -0.1) is 0 Å². The van der Waals surface area contributed by atoms with Crippen molar-refractivity contribution in [2.45, 2.75) is 59.8 Å². The molecule has 0 spiro atoms. The van der Waals surface area contributed by atoms with Gasteiger partial charge in [0, 0.05) is 24.4 Å². The van der Waals surface area contributed by atoms with E-state index in [1.807, 2.05) is 70.3 Å². The van der Waals surface area contributed by atoms with E-state index in [0.29, 0.717) is 11.4 Å². The van der Waals surface area contributed by atoms with Crippen molar-refractivity contribution in [3.63, 3.8) is 0 Å². The predicted molar refractivity (Wildman–Crippen MR) is 255 cm³/mol. The lowest BCUT2D eigenvalue weighted by Gasteiger charge is -2.22. The van der Waals surface area contributed by atoms with Gasteiger partial charge in [-0.1, -0.05) is 150 Å². The van der Waals surface area contributed by atoms with Gasteiger partial charge in [0.1, 0.15) is 11.6 Å². The quantitative estimate of drug-likeness (QED) is 0.167. The number of rotatable bonds is 8. The number of hydrogen-bond donors (Lipinski definition) is 1. The van der Waals surface area contributed by atoms with E-state index >= 15 is 0 Å². The lowest BCUT2D eigenvalue weighted by Crippen LogP contribution is -2.11. The molecule has 0 aliphatic heterocycles. The van der Waals surface area contributed by atoms with Crippen LogP contribution in [-0.4, -0.2) is 19.6 Å². The minimum atomic E-state index is -0.871. The topological polar surface area (TPSA) is 50.9 Å². The van der Waals surface area contributed by atoms with Crippen LogP contribution in [-0.2, 0) is 5.41 Å². The maximum absolute atomic E-state index is 11.7. The maximum Gasteiger partial charge on any atom is 0.149 e. The van der Waals surface area contributed by atoms with Gasteiger partial charge in [0.15, 0.2) is 0 Å². The van der Waals surface area contributed by atoms with Crippen molar-refractivity contribution in [3.8, 4) is 78.6 Å². The number of phenols is 1. The summed E-state index contributed by atoms with van der Waals surface area (Å²) in [7, 11) is 0. The number of para-hydroxylation sites is 1. The van der Waals surface area contributed by atoms with E-state index in [4.69, 9.17) is 11.3 Å². The smallest absolute Gasteiger partial charge is 0.149 e. The summed E-state index contributed by atoms with van der Waals surface area (Å²) in [5.74, 6) is -0.0356. The van der Waals surface area contributed by atoms with E-state index in [0.717, 1.165) is 78.0 Å². The van der Waals surface area contributed by atoms with Crippen LogP contribution in [0.5, 0.6) is 5.75 Å². The first kappa shape index (κ1) is 38.2. The van der Waals surface area contributed by atoms with Gasteiger partial charge in [-0.3, -0.25) is 9.55 Å². The number of hydrogen-bond acceptors (Lipinski definition) is 3. The minimum absolute atomic E-state index is 0.156. The van der Waals surface area contributed by atoms with Crippen LogP contribution in [0.3, 0.4) is 0 Å². The first-order chi connectivity index (χ1) is 29.7. The molecule has 0 unspecified atom stereocenters. The fourth-order valence-corrected chi connectivity index (χ4v) is 8.35. The van der Waals surface area contributed by atoms with E-state index in [1.165, 1.54) is 16.7 Å². The molecule has 0 saturated carbocycles. The number of phenolic OH excluding ortho intramolecular Hbond substituents is 1. The van der Waals surface area contributed by atoms with Gasteiger partial charge in [0.2, 0.25) is 0 Å². The van der Waals surface area contributed by atoms with E-state index in [2.05, 4.69) is 153 Å². The summed E-state index contributed by atoms with van der Waals surface area (Å²) in [5.41, 5.74) is 17.6. The Morgan fingerprint density at radius 2 is 1.21 bits per heavy atom. The number of imidazole rings is 1. The number of fused-ring (bicyclic) bond motifs is 1. The molecular weight excluding hydrogens is 743 g/mol. The van der Waals surface area contributed by atoms with E-state index < -0.39 is 5.89 Å². The molecule has 0 bridgehead atoms. The zero-order valence-electron chi connectivity index (χ0n) is 37.0. The van der Waals surface area contributed by atoms with Crippen molar-refractivity contribution in [2.75, 3.05) is 0 Å². The predicted octanol–water partition coefficient (Wildman–Crippen LogP) is 15.2. The van der Waals surface area contributed by atoms with E-state index in [9.17, 15) is 5.11 Å². The average molecular weight is 795 g/mol. The van der Waals surface area contributed by atoms with Crippen LogP contribution in [0.25, 0.3) is 83.9 Å². The molecule has 0 fully saturated rings. The normalized spacial score (nSPS) is 12.1. The van der Waals surface area contributed by atoms with Crippen LogP contribution in [0, 0.1) is 13.8 Å². The number of aromatic hydroxyl groups is 1. The van der Waals surface area contributed by atoms with Crippen LogP contribution in [0.1, 0.15) is 64.1 Å².